The Morgan fingerprint density at radius 3 is 2.68 bits per heavy atom. The number of halogens is 1. The molecule has 2 aromatic heterocycles. The largest absolute Gasteiger partial charge is 0.348 e. The molecule has 0 aliphatic rings. The number of hydrogen-bond donors (Lipinski definition) is 1. The fraction of sp³-hybridized carbons (Fsp3) is 0.188. The van der Waals surface area contributed by atoms with Gasteiger partial charge in [-0.1, -0.05) is 30.7 Å². The summed E-state index contributed by atoms with van der Waals surface area (Å²) in [6.45, 7) is 2.46. The van der Waals surface area contributed by atoms with E-state index in [9.17, 15) is 4.79 Å². The summed E-state index contributed by atoms with van der Waals surface area (Å²) in [6.07, 6.45) is 2.53. The van der Waals surface area contributed by atoms with E-state index in [-0.39, 0.29) is 5.91 Å². The number of aryl methyl sites for hydroxylation is 1. The lowest BCUT2D eigenvalue weighted by molar-refractivity contribution is 0.0950. The van der Waals surface area contributed by atoms with Crippen molar-refractivity contribution < 1.29 is 4.79 Å². The highest BCUT2D eigenvalue weighted by Gasteiger charge is 2.09. The van der Waals surface area contributed by atoms with Gasteiger partial charge in [0.15, 0.2) is 5.65 Å². The first-order valence-electron chi connectivity index (χ1n) is 7.03. The zero-order valence-corrected chi connectivity index (χ0v) is 12.8. The van der Waals surface area contributed by atoms with Gasteiger partial charge in [-0.2, -0.15) is 0 Å². The molecule has 0 aliphatic heterocycles. The van der Waals surface area contributed by atoms with Gasteiger partial charge in [-0.3, -0.25) is 9.20 Å². The van der Waals surface area contributed by atoms with E-state index in [1.165, 1.54) is 0 Å². The average Bonchev–Trinajstić information content (AvgIpc) is 2.96. The van der Waals surface area contributed by atoms with Crippen LogP contribution in [0.3, 0.4) is 0 Å². The SMILES string of the molecule is CCc1nnc2ccc(C(=O)NCc3ccc(Cl)cc3)cn12. The molecule has 0 fully saturated rings. The topological polar surface area (TPSA) is 59.3 Å². The molecule has 0 atom stereocenters. The third kappa shape index (κ3) is 2.94. The summed E-state index contributed by atoms with van der Waals surface area (Å²) >= 11 is 5.84. The zero-order valence-electron chi connectivity index (χ0n) is 12.1. The van der Waals surface area contributed by atoms with Crippen molar-refractivity contribution >= 4 is 23.2 Å². The van der Waals surface area contributed by atoms with E-state index < -0.39 is 0 Å². The van der Waals surface area contributed by atoms with E-state index in [1.807, 2.05) is 23.5 Å². The lowest BCUT2D eigenvalue weighted by Crippen LogP contribution is -2.23. The molecule has 112 valence electrons. The first-order chi connectivity index (χ1) is 10.7. The second-order valence-corrected chi connectivity index (χ2v) is 5.36. The van der Waals surface area contributed by atoms with Crippen molar-refractivity contribution in [1.82, 2.24) is 19.9 Å². The summed E-state index contributed by atoms with van der Waals surface area (Å²) in [6, 6.07) is 10.9. The number of benzene rings is 1. The zero-order chi connectivity index (χ0) is 15.5. The number of pyridine rings is 1. The van der Waals surface area contributed by atoms with E-state index in [0.29, 0.717) is 17.1 Å². The second-order valence-electron chi connectivity index (χ2n) is 4.92. The fourth-order valence-electron chi connectivity index (χ4n) is 2.20. The molecule has 0 unspecified atom stereocenters. The molecule has 1 aromatic carbocycles. The lowest BCUT2D eigenvalue weighted by atomic mass is 10.2. The number of carbonyl (C=O) groups excluding carboxylic acids is 1. The molecule has 2 heterocycles. The Morgan fingerprint density at radius 1 is 1.18 bits per heavy atom. The molecule has 0 saturated heterocycles. The maximum Gasteiger partial charge on any atom is 0.253 e. The van der Waals surface area contributed by atoms with Crippen LogP contribution in [0.5, 0.6) is 0 Å². The van der Waals surface area contributed by atoms with Crippen molar-refractivity contribution in [3.8, 4) is 0 Å². The Balaban J connectivity index is 1.75. The summed E-state index contributed by atoms with van der Waals surface area (Å²) in [5.74, 6) is 0.704. The quantitative estimate of drug-likeness (QED) is 0.805. The van der Waals surface area contributed by atoms with Gasteiger partial charge >= 0.3 is 0 Å². The van der Waals surface area contributed by atoms with Gasteiger partial charge in [0.1, 0.15) is 5.82 Å². The van der Waals surface area contributed by atoms with Crippen molar-refractivity contribution in [3.05, 3.63) is 64.6 Å². The summed E-state index contributed by atoms with van der Waals surface area (Å²) < 4.78 is 1.84. The summed E-state index contributed by atoms with van der Waals surface area (Å²) in [5.41, 5.74) is 2.32. The van der Waals surface area contributed by atoms with Crippen LogP contribution in [0.1, 0.15) is 28.7 Å². The second kappa shape index (κ2) is 6.15. The Kier molecular flexibility index (Phi) is 4.06. The molecule has 0 saturated carbocycles. The van der Waals surface area contributed by atoms with Crippen molar-refractivity contribution in [2.45, 2.75) is 19.9 Å². The Labute approximate surface area is 132 Å². The molecule has 3 aromatic rings. The number of nitrogens with zero attached hydrogens (tertiary/aromatic N) is 3. The Morgan fingerprint density at radius 2 is 1.95 bits per heavy atom. The first-order valence-corrected chi connectivity index (χ1v) is 7.41. The van der Waals surface area contributed by atoms with Gasteiger partial charge in [0.05, 0.1) is 5.56 Å². The van der Waals surface area contributed by atoms with Gasteiger partial charge in [-0.25, -0.2) is 0 Å². The van der Waals surface area contributed by atoms with Crippen molar-refractivity contribution in [2.75, 3.05) is 0 Å². The highest BCUT2D eigenvalue weighted by molar-refractivity contribution is 6.30. The third-order valence-corrected chi connectivity index (χ3v) is 3.67. The molecular formula is C16H15ClN4O. The van der Waals surface area contributed by atoms with Crippen LogP contribution in [0, 0.1) is 0 Å². The van der Waals surface area contributed by atoms with Crippen LogP contribution < -0.4 is 5.32 Å². The molecule has 1 N–H and O–H groups in total. The standard InChI is InChI=1S/C16H15ClN4O/c1-2-14-19-20-15-8-5-12(10-21(14)15)16(22)18-9-11-3-6-13(17)7-4-11/h3-8,10H,2,9H2,1H3,(H,18,22). The van der Waals surface area contributed by atoms with Gasteiger partial charge in [0, 0.05) is 24.2 Å². The minimum absolute atomic E-state index is 0.132. The lowest BCUT2D eigenvalue weighted by Gasteiger charge is -2.06. The molecule has 0 aliphatic carbocycles. The predicted molar refractivity (Wildman–Crippen MR) is 85.0 cm³/mol. The first kappa shape index (κ1) is 14.5. The van der Waals surface area contributed by atoms with Gasteiger partial charge in [0.25, 0.3) is 5.91 Å². The van der Waals surface area contributed by atoms with E-state index in [4.69, 9.17) is 11.6 Å². The van der Waals surface area contributed by atoms with E-state index in [1.54, 1.807) is 30.5 Å². The van der Waals surface area contributed by atoms with Crippen LogP contribution in [0.4, 0.5) is 0 Å². The van der Waals surface area contributed by atoms with Crippen LogP contribution in [-0.4, -0.2) is 20.5 Å². The Hall–Kier alpha value is -2.40. The molecule has 0 radical (unpaired) electrons. The van der Waals surface area contributed by atoms with Crippen LogP contribution in [0.15, 0.2) is 42.6 Å². The van der Waals surface area contributed by atoms with Crippen LogP contribution >= 0.6 is 11.6 Å². The number of carbonyl (C=O) groups is 1. The van der Waals surface area contributed by atoms with Crippen LogP contribution in [0.2, 0.25) is 5.02 Å². The van der Waals surface area contributed by atoms with Gasteiger partial charge in [-0.15, -0.1) is 10.2 Å². The smallest absolute Gasteiger partial charge is 0.253 e. The molecule has 5 nitrogen and oxygen atoms in total. The summed E-state index contributed by atoms with van der Waals surface area (Å²) in [7, 11) is 0. The summed E-state index contributed by atoms with van der Waals surface area (Å²) in [5, 5.41) is 11.7. The highest BCUT2D eigenvalue weighted by atomic mass is 35.5. The highest BCUT2D eigenvalue weighted by Crippen LogP contribution is 2.10. The van der Waals surface area contributed by atoms with E-state index in [2.05, 4.69) is 15.5 Å². The van der Waals surface area contributed by atoms with Crippen LogP contribution in [0.25, 0.3) is 5.65 Å². The molecule has 0 bridgehead atoms. The maximum absolute atomic E-state index is 12.3. The normalized spacial score (nSPS) is 10.8. The Bertz CT molecular complexity index is 811. The van der Waals surface area contributed by atoms with Crippen LogP contribution in [-0.2, 0) is 13.0 Å². The van der Waals surface area contributed by atoms with E-state index >= 15 is 0 Å². The van der Waals surface area contributed by atoms with Gasteiger partial charge in [-0.05, 0) is 29.8 Å². The molecule has 6 heteroatoms. The molecule has 22 heavy (non-hydrogen) atoms. The van der Waals surface area contributed by atoms with Crippen molar-refractivity contribution in [1.29, 1.82) is 0 Å². The number of nitrogens with one attached hydrogen (secondary N) is 1. The van der Waals surface area contributed by atoms with Gasteiger partial charge in [0.2, 0.25) is 0 Å². The van der Waals surface area contributed by atoms with Crippen molar-refractivity contribution in [3.63, 3.8) is 0 Å². The maximum atomic E-state index is 12.3. The molecular weight excluding hydrogens is 300 g/mol. The number of fused-ring (bicyclic) bond motifs is 1. The summed E-state index contributed by atoms with van der Waals surface area (Å²) in [4.78, 5) is 12.3. The number of hydrogen-bond acceptors (Lipinski definition) is 3. The molecule has 0 spiro atoms. The fourth-order valence-corrected chi connectivity index (χ4v) is 2.33. The predicted octanol–water partition coefficient (Wildman–Crippen LogP) is 2.88. The molecule has 1 amide bonds. The monoisotopic (exact) mass is 314 g/mol. The number of aromatic nitrogens is 3. The van der Waals surface area contributed by atoms with Gasteiger partial charge < -0.3 is 5.32 Å². The third-order valence-electron chi connectivity index (χ3n) is 3.42. The minimum Gasteiger partial charge on any atom is -0.348 e. The number of rotatable bonds is 4. The minimum atomic E-state index is -0.132. The molecule has 3 rings (SSSR count). The van der Waals surface area contributed by atoms with E-state index in [0.717, 1.165) is 23.5 Å². The van der Waals surface area contributed by atoms with Crippen molar-refractivity contribution in [2.24, 2.45) is 0 Å². The number of amides is 1. The average molecular weight is 315 g/mol.